The Morgan fingerprint density at radius 2 is 2.11 bits per heavy atom. The van der Waals surface area contributed by atoms with Crippen LogP contribution >= 0.6 is 27.7 Å². The number of nitrogens with zero attached hydrogens (tertiary/aromatic N) is 2. The summed E-state index contributed by atoms with van der Waals surface area (Å²) in [6, 6.07) is 7.37. The van der Waals surface area contributed by atoms with Gasteiger partial charge in [-0.2, -0.15) is 0 Å². The molecule has 0 saturated carbocycles. The van der Waals surface area contributed by atoms with Gasteiger partial charge in [-0.1, -0.05) is 0 Å². The number of aromatic nitrogens is 2. The second kappa shape index (κ2) is 6.65. The van der Waals surface area contributed by atoms with Gasteiger partial charge in [0.05, 0.1) is 16.3 Å². The minimum absolute atomic E-state index is 0.346. The van der Waals surface area contributed by atoms with Gasteiger partial charge in [-0.3, -0.25) is 15.2 Å². The highest BCUT2D eigenvalue weighted by Gasteiger charge is 2.04. The van der Waals surface area contributed by atoms with E-state index < -0.39 is 0 Å². The van der Waals surface area contributed by atoms with Crippen LogP contribution in [0.5, 0.6) is 0 Å². The molecule has 0 aliphatic rings. The van der Waals surface area contributed by atoms with Gasteiger partial charge in [-0.15, -0.1) is 11.8 Å². The molecule has 7 heteroatoms. The van der Waals surface area contributed by atoms with Gasteiger partial charge in [0, 0.05) is 22.6 Å². The molecule has 19 heavy (non-hydrogen) atoms. The average Bonchev–Trinajstić information content (AvgIpc) is 2.46. The highest BCUT2D eigenvalue weighted by atomic mass is 79.9. The molecule has 2 heterocycles. The van der Waals surface area contributed by atoms with Gasteiger partial charge in [0.25, 0.3) is 5.91 Å². The number of halogens is 1. The van der Waals surface area contributed by atoms with E-state index in [0.717, 1.165) is 15.2 Å². The molecular weight excluding hydrogens is 328 g/mol. The number of nitrogen functional groups attached to an aromatic ring is 1. The molecule has 0 unspecified atom stereocenters. The number of hydrogen-bond donors (Lipinski definition) is 2. The third-order valence-electron chi connectivity index (χ3n) is 2.29. The number of carbonyl (C=O) groups excluding carboxylic acids is 1. The largest absolute Gasteiger partial charge is 0.290 e. The van der Waals surface area contributed by atoms with Crippen molar-refractivity contribution in [2.75, 3.05) is 0 Å². The molecule has 0 bridgehead atoms. The van der Waals surface area contributed by atoms with Gasteiger partial charge in [0.2, 0.25) is 0 Å². The molecule has 0 aliphatic heterocycles. The van der Waals surface area contributed by atoms with Crippen LogP contribution in [0.1, 0.15) is 16.1 Å². The second-order valence-electron chi connectivity index (χ2n) is 3.62. The normalized spacial score (nSPS) is 10.2. The topological polar surface area (TPSA) is 80.9 Å². The SMILES string of the molecule is NNC(=O)c1ccc(CSc2ccc(Br)cn2)nc1. The number of hydrogen-bond acceptors (Lipinski definition) is 5. The lowest BCUT2D eigenvalue weighted by atomic mass is 10.2. The van der Waals surface area contributed by atoms with E-state index in [2.05, 4.69) is 31.3 Å². The number of amides is 1. The van der Waals surface area contributed by atoms with E-state index in [-0.39, 0.29) is 5.91 Å². The molecule has 0 radical (unpaired) electrons. The third kappa shape index (κ3) is 4.02. The molecule has 98 valence electrons. The third-order valence-corrected chi connectivity index (χ3v) is 3.73. The van der Waals surface area contributed by atoms with Gasteiger partial charge in [-0.25, -0.2) is 10.8 Å². The van der Waals surface area contributed by atoms with E-state index in [9.17, 15) is 4.79 Å². The van der Waals surface area contributed by atoms with E-state index in [1.54, 1.807) is 30.1 Å². The zero-order chi connectivity index (χ0) is 13.7. The van der Waals surface area contributed by atoms with Crippen LogP contribution in [0.25, 0.3) is 0 Å². The summed E-state index contributed by atoms with van der Waals surface area (Å²) in [4.78, 5) is 19.7. The molecule has 0 fully saturated rings. The standard InChI is InChI=1S/C12H11BrN4OS/c13-9-2-4-11(16-6-9)19-7-10-3-1-8(5-15-10)12(18)17-14/h1-6H,7,14H2,(H,17,18). The lowest BCUT2D eigenvalue weighted by Gasteiger charge is -2.02. The molecule has 0 spiro atoms. The minimum atomic E-state index is -0.346. The first-order chi connectivity index (χ1) is 9.19. The summed E-state index contributed by atoms with van der Waals surface area (Å²) in [7, 11) is 0. The Labute approximate surface area is 123 Å². The highest BCUT2D eigenvalue weighted by Crippen LogP contribution is 2.21. The Morgan fingerprint density at radius 3 is 2.68 bits per heavy atom. The van der Waals surface area contributed by atoms with Crippen molar-refractivity contribution in [3.8, 4) is 0 Å². The monoisotopic (exact) mass is 338 g/mol. The summed E-state index contributed by atoms with van der Waals surface area (Å²) < 4.78 is 0.951. The first-order valence-corrected chi connectivity index (χ1v) is 7.17. The maximum Gasteiger partial charge on any atom is 0.266 e. The molecule has 0 aliphatic carbocycles. The van der Waals surface area contributed by atoms with Crippen LogP contribution in [0, 0.1) is 0 Å². The van der Waals surface area contributed by atoms with Crippen molar-refractivity contribution >= 4 is 33.6 Å². The van der Waals surface area contributed by atoms with Crippen molar-refractivity contribution in [3.63, 3.8) is 0 Å². The smallest absolute Gasteiger partial charge is 0.266 e. The Balaban J connectivity index is 1.96. The van der Waals surface area contributed by atoms with Crippen molar-refractivity contribution in [2.24, 2.45) is 5.84 Å². The molecule has 0 aromatic carbocycles. The summed E-state index contributed by atoms with van der Waals surface area (Å²) >= 11 is 4.92. The van der Waals surface area contributed by atoms with Crippen molar-refractivity contribution in [3.05, 3.63) is 52.4 Å². The van der Waals surface area contributed by atoms with E-state index in [4.69, 9.17) is 5.84 Å². The van der Waals surface area contributed by atoms with Gasteiger partial charge in [0.15, 0.2) is 0 Å². The van der Waals surface area contributed by atoms with Gasteiger partial charge >= 0.3 is 0 Å². The fourth-order valence-electron chi connectivity index (χ4n) is 1.32. The van der Waals surface area contributed by atoms with E-state index in [0.29, 0.717) is 11.3 Å². The summed E-state index contributed by atoms with van der Waals surface area (Å²) in [6.45, 7) is 0. The number of nitrogens with one attached hydrogen (secondary N) is 1. The van der Waals surface area contributed by atoms with Crippen LogP contribution in [0.2, 0.25) is 0 Å². The Morgan fingerprint density at radius 1 is 1.26 bits per heavy atom. The average molecular weight is 339 g/mol. The molecule has 1 amide bonds. The summed E-state index contributed by atoms with van der Waals surface area (Å²) in [6.07, 6.45) is 3.26. The predicted molar refractivity (Wildman–Crippen MR) is 77.4 cm³/mol. The van der Waals surface area contributed by atoms with Crippen molar-refractivity contribution < 1.29 is 4.79 Å². The highest BCUT2D eigenvalue weighted by molar-refractivity contribution is 9.10. The molecule has 5 nitrogen and oxygen atoms in total. The second-order valence-corrected chi connectivity index (χ2v) is 5.53. The maximum absolute atomic E-state index is 11.2. The van der Waals surface area contributed by atoms with E-state index >= 15 is 0 Å². The lowest BCUT2D eigenvalue weighted by Crippen LogP contribution is -2.30. The summed E-state index contributed by atoms with van der Waals surface area (Å²) in [5, 5.41) is 0.925. The number of carbonyl (C=O) groups is 1. The molecule has 0 saturated heterocycles. The van der Waals surface area contributed by atoms with Crippen LogP contribution < -0.4 is 11.3 Å². The van der Waals surface area contributed by atoms with Crippen molar-refractivity contribution in [1.29, 1.82) is 0 Å². The van der Waals surface area contributed by atoms with Crippen LogP contribution in [0.3, 0.4) is 0 Å². The Bertz CT molecular complexity index is 559. The van der Waals surface area contributed by atoms with Crippen LogP contribution in [0.4, 0.5) is 0 Å². The van der Waals surface area contributed by atoms with Gasteiger partial charge in [0.1, 0.15) is 0 Å². The van der Waals surface area contributed by atoms with E-state index in [1.165, 1.54) is 6.20 Å². The molecule has 3 N–H and O–H groups in total. The fraction of sp³-hybridized carbons (Fsp3) is 0.0833. The lowest BCUT2D eigenvalue weighted by molar-refractivity contribution is 0.0953. The molecule has 2 aromatic rings. The molecule has 0 atom stereocenters. The minimum Gasteiger partial charge on any atom is -0.290 e. The zero-order valence-corrected chi connectivity index (χ0v) is 12.2. The number of rotatable bonds is 4. The molecule has 2 aromatic heterocycles. The summed E-state index contributed by atoms with van der Waals surface area (Å²) in [5.74, 6) is 5.39. The van der Waals surface area contributed by atoms with Crippen LogP contribution in [-0.2, 0) is 5.75 Å². The zero-order valence-electron chi connectivity index (χ0n) is 9.84. The first kappa shape index (κ1) is 14.0. The van der Waals surface area contributed by atoms with Crippen LogP contribution in [-0.4, -0.2) is 15.9 Å². The van der Waals surface area contributed by atoms with E-state index in [1.807, 2.05) is 12.1 Å². The van der Waals surface area contributed by atoms with Crippen molar-refractivity contribution in [1.82, 2.24) is 15.4 Å². The fourth-order valence-corrected chi connectivity index (χ4v) is 2.32. The number of hydrazine groups is 1. The molecule has 2 rings (SSSR count). The predicted octanol–water partition coefficient (Wildman–Crippen LogP) is 2.13. The first-order valence-electron chi connectivity index (χ1n) is 5.39. The quantitative estimate of drug-likeness (QED) is 0.386. The van der Waals surface area contributed by atoms with Crippen molar-refractivity contribution in [2.45, 2.75) is 10.8 Å². The Hall–Kier alpha value is -1.44. The number of thioether (sulfide) groups is 1. The van der Waals surface area contributed by atoms with Gasteiger partial charge in [-0.05, 0) is 40.2 Å². The number of nitrogens with two attached hydrogens (primary N) is 1. The maximum atomic E-state index is 11.2. The number of pyridine rings is 2. The summed E-state index contributed by atoms with van der Waals surface area (Å²) in [5.41, 5.74) is 3.39. The van der Waals surface area contributed by atoms with Crippen LogP contribution in [0.15, 0.2) is 46.2 Å². The molecular formula is C12H11BrN4OS. The van der Waals surface area contributed by atoms with Gasteiger partial charge < -0.3 is 0 Å². The Kier molecular flexibility index (Phi) is 4.89.